The maximum absolute atomic E-state index is 13.2. The third kappa shape index (κ3) is 4.52. The zero-order valence-electron chi connectivity index (χ0n) is 15.7. The predicted octanol–water partition coefficient (Wildman–Crippen LogP) is 5.28. The number of rotatable bonds is 5. The highest BCUT2D eigenvalue weighted by atomic mass is 32.2. The van der Waals surface area contributed by atoms with Crippen LogP contribution in [0.5, 0.6) is 0 Å². The Morgan fingerprint density at radius 1 is 1.21 bits per heavy atom. The molecule has 1 aliphatic rings. The van der Waals surface area contributed by atoms with Gasteiger partial charge in [0.25, 0.3) is 0 Å². The zero-order chi connectivity index (χ0) is 19.5. The molecule has 146 valence electrons. The van der Waals surface area contributed by atoms with Crippen LogP contribution in [0, 0.1) is 11.7 Å². The number of fused-ring (bicyclic) bond motifs is 1. The molecule has 0 aliphatic heterocycles. The lowest BCUT2D eigenvalue weighted by Crippen LogP contribution is -2.38. The molecule has 0 unspecified atom stereocenters. The van der Waals surface area contributed by atoms with Gasteiger partial charge in [-0.3, -0.25) is 4.79 Å². The van der Waals surface area contributed by atoms with E-state index in [1.807, 2.05) is 6.07 Å². The molecular weight excluding hydrogens is 393 g/mol. The Balaban J connectivity index is 1.43. The average Bonchev–Trinajstić information content (AvgIpc) is 3.13. The molecular formula is C21H22FN3OS2. The van der Waals surface area contributed by atoms with Crippen molar-refractivity contribution >= 4 is 39.2 Å². The molecule has 1 amide bonds. The van der Waals surface area contributed by atoms with Gasteiger partial charge in [-0.25, -0.2) is 14.4 Å². The molecule has 2 heterocycles. The van der Waals surface area contributed by atoms with Gasteiger partial charge in [-0.1, -0.05) is 30.8 Å². The number of thiophene rings is 1. The fourth-order valence-electron chi connectivity index (χ4n) is 3.50. The average molecular weight is 416 g/mol. The minimum Gasteiger partial charge on any atom is -0.353 e. The fourth-order valence-corrected chi connectivity index (χ4v) is 5.51. The van der Waals surface area contributed by atoms with Gasteiger partial charge < -0.3 is 5.32 Å². The maximum Gasteiger partial charge on any atom is 0.230 e. The zero-order valence-corrected chi connectivity index (χ0v) is 17.3. The van der Waals surface area contributed by atoms with Gasteiger partial charge in [-0.15, -0.1) is 11.3 Å². The second-order valence-corrected chi connectivity index (χ2v) is 9.34. The van der Waals surface area contributed by atoms with Crippen molar-refractivity contribution in [2.45, 2.75) is 43.7 Å². The molecule has 0 bridgehead atoms. The largest absolute Gasteiger partial charge is 0.353 e. The summed E-state index contributed by atoms with van der Waals surface area (Å²) in [6.45, 7) is 2.27. The molecule has 0 radical (unpaired) electrons. The van der Waals surface area contributed by atoms with E-state index in [2.05, 4.69) is 22.2 Å². The van der Waals surface area contributed by atoms with E-state index in [1.54, 1.807) is 23.5 Å². The second kappa shape index (κ2) is 8.57. The Bertz CT molecular complexity index is 965. The van der Waals surface area contributed by atoms with Crippen LogP contribution < -0.4 is 5.32 Å². The van der Waals surface area contributed by atoms with E-state index in [0.717, 1.165) is 44.4 Å². The van der Waals surface area contributed by atoms with Crippen LogP contribution in [0.4, 0.5) is 4.39 Å². The van der Waals surface area contributed by atoms with Crippen molar-refractivity contribution in [1.82, 2.24) is 15.3 Å². The topological polar surface area (TPSA) is 54.9 Å². The summed E-state index contributed by atoms with van der Waals surface area (Å²) >= 11 is 3.02. The smallest absolute Gasteiger partial charge is 0.230 e. The molecule has 4 rings (SSSR count). The predicted molar refractivity (Wildman–Crippen MR) is 113 cm³/mol. The third-order valence-electron chi connectivity index (χ3n) is 5.13. The van der Waals surface area contributed by atoms with Crippen molar-refractivity contribution in [3.05, 3.63) is 42.5 Å². The molecule has 1 fully saturated rings. The number of thioether (sulfide) groups is 1. The summed E-state index contributed by atoms with van der Waals surface area (Å²) in [6, 6.07) is 8.73. The van der Waals surface area contributed by atoms with E-state index in [1.165, 1.54) is 43.1 Å². The van der Waals surface area contributed by atoms with E-state index in [9.17, 15) is 9.18 Å². The SMILES string of the molecule is CC1CCC(NC(=O)CSc2ncnc3cc(-c4ccc(F)cc4)sc23)CC1. The van der Waals surface area contributed by atoms with Crippen LogP contribution in [-0.2, 0) is 4.79 Å². The minimum absolute atomic E-state index is 0.0617. The van der Waals surface area contributed by atoms with Gasteiger partial charge in [0.05, 0.1) is 16.0 Å². The molecule has 2 aromatic heterocycles. The number of hydrogen-bond donors (Lipinski definition) is 1. The quantitative estimate of drug-likeness (QED) is 0.455. The maximum atomic E-state index is 13.2. The fraction of sp³-hybridized carbons (Fsp3) is 0.381. The Labute approximate surface area is 172 Å². The summed E-state index contributed by atoms with van der Waals surface area (Å²) in [6.07, 6.45) is 6.05. The van der Waals surface area contributed by atoms with E-state index >= 15 is 0 Å². The number of halogens is 1. The Hall–Kier alpha value is -1.99. The van der Waals surface area contributed by atoms with Gasteiger partial charge >= 0.3 is 0 Å². The summed E-state index contributed by atoms with van der Waals surface area (Å²) in [5.74, 6) is 0.930. The summed E-state index contributed by atoms with van der Waals surface area (Å²) < 4.78 is 14.1. The van der Waals surface area contributed by atoms with Crippen LogP contribution in [0.1, 0.15) is 32.6 Å². The lowest BCUT2D eigenvalue weighted by Gasteiger charge is -2.26. The van der Waals surface area contributed by atoms with Crippen LogP contribution in [0.25, 0.3) is 20.7 Å². The minimum atomic E-state index is -0.251. The normalized spacial score (nSPS) is 19.6. The van der Waals surface area contributed by atoms with Gasteiger partial charge in [-0.2, -0.15) is 0 Å². The summed E-state index contributed by atoms with van der Waals surface area (Å²) in [4.78, 5) is 22.1. The highest BCUT2D eigenvalue weighted by molar-refractivity contribution is 8.00. The number of amides is 1. The van der Waals surface area contributed by atoms with E-state index < -0.39 is 0 Å². The van der Waals surface area contributed by atoms with Crippen LogP contribution in [0.3, 0.4) is 0 Å². The highest BCUT2D eigenvalue weighted by Crippen LogP contribution is 2.37. The molecule has 3 aromatic rings. The van der Waals surface area contributed by atoms with Gasteiger partial charge in [0.1, 0.15) is 17.2 Å². The lowest BCUT2D eigenvalue weighted by atomic mass is 9.87. The van der Waals surface area contributed by atoms with Crippen LogP contribution in [-0.4, -0.2) is 27.7 Å². The van der Waals surface area contributed by atoms with Crippen molar-refractivity contribution in [3.8, 4) is 10.4 Å². The summed E-state index contributed by atoms with van der Waals surface area (Å²) in [5.41, 5.74) is 1.80. The molecule has 1 aromatic carbocycles. The Morgan fingerprint density at radius 3 is 2.71 bits per heavy atom. The number of benzene rings is 1. The van der Waals surface area contributed by atoms with Gasteiger partial charge in [-0.05, 0) is 55.4 Å². The monoisotopic (exact) mass is 415 g/mol. The van der Waals surface area contributed by atoms with Crippen molar-refractivity contribution in [2.24, 2.45) is 5.92 Å². The van der Waals surface area contributed by atoms with E-state index in [0.29, 0.717) is 11.8 Å². The summed E-state index contributed by atoms with van der Waals surface area (Å²) in [5, 5.41) is 3.97. The molecule has 7 heteroatoms. The van der Waals surface area contributed by atoms with Crippen molar-refractivity contribution in [3.63, 3.8) is 0 Å². The van der Waals surface area contributed by atoms with Crippen molar-refractivity contribution in [2.75, 3.05) is 5.75 Å². The van der Waals surface area contributed by atoms with Gasteiger partial charge in [0.15, 0.2) is 0 Å². The summed E-state index contributed by atoms with van der Waals surface area (Å²) in [7, 11) is 0. The number of hydrogen-bond acceptors (Lipinski definition) is 5. The molecule has 4 nitrogen and oxygen atoms in total. The number of carbonyl (C=O) groups excluding carboxylic acids is 1. The van der Waals surface area contributed by atoms with Gasteiger partial charge in [0, 0.05) is 10.9 Å². The molecule has 28 heavy (non-hydrogen) atoms. The first-order chi connectivity index (χ1) is 13.6. The van der Waals surface area contributed by atoms with Crippen LogP contribution in [0.2, 0.25) is 0 Å². The number of nitrogens with zero attached hydrogens (tertiary/aromatic N) is 2. The molecule has 1 saturated carbocycles. The van der Waals surface area contributed by atoms with Crippen molar-refractivity contribution < 1.29 is 9.18 Å². The van der Waals surface area contributed by atoms with E-state index in [-0.39, 0.29) is 11.7 Å². The van der Waals surface area contributed by atoms with Crippen LogP contribution >= 0.6 is 23.1 Å². The first-order valence-corrected chi connectivity index (χ1v) is 11.3. The highest BCUT2D eigenvalue weighted by Gasteiger charge is 2.20. The van der Waals surface area contributed by atoms with Gasteiger partial charge in [0.2, 0.25) is 5.91 Å². The van der Waals surface area contributed by atoms with Crippen molar-refractivity contribution in [1.29, 1.82) is 0 Å². The molecule has 0 spiro atoms. The molecule has 0 saturated heterocycles. The second-order valence-electron chi connectivity index (χ2n) is 7.32. The molecule has 0 atom stereocenters. The molecule has 1 aliphatic carbocycles. The third-order valence-corrected chi connectivity index (χ3v) is 7.43. The first kappa shape index (κ1) is 19.3. The van der Waals surface area contributed by atoms with E-state index in [4.69, 9.17) is 0 Å². The first-order valence-electron chi connectivity index (χ1n) is 9.51. The standard InChI is InChI=1S/C21H22FN3OS2/c1-13-2-8-16(9-3-13)25-19(26)11-27-21-20-17(23-12-24-21)10-18(28-20)14-4-6-15(22)7-5-14/h4-7,10,12-13,16H,2-3,8-9,11H2,1H3,(H,25,26). The van der Waals surface area contributed by atoms with Crippen LogP contribution in [0.15, 0.2) is 41.7 Å². The number of aromatic nitrogens is 2. The Morgan fingerprint density at radius 2 is 1.96 bits per heavy atom. The Kier molecular flexibility index (Phi) is 5.92. The lowest BCUT2D eigenvalue weighted by molar-refractivity contribution is -0.119. The number of nitrogens with one attached hydrogen (secondary N) is 1. The number of carbonyl (C=O) groups is 1. The molecule has 1 N–H and O–H groups in total.